The lowest BCUT2D eigenvalue weighted by Gasteiger charge is -2.26. The number of halogens is 1. The molecule has 4 heteroatoms. The Balaban J connectivity index is 1.85. The Morgan fingerprint density at radius 2 is 2.10 bits per heavy atom. The molecule has 1 unspecified atom stereocenters. The number of fused-ring (bicyclic) bond motifs is 1. The molecule has 1 amide bonds. The maximum atomic E-state index is 12.6. The summed E-state index contributed by atoms with van der Waals surface area (Å²) in [7, 11) is 0. The minimum atomic E-state index is -0.0965. The van der Waals surface area contributed by atoms with Gasteiger partial charge in [-0.15, -0.1) is 0 Å². The summed E-state index contributed by atoms with van der Waals surface area (Å²) >= 11 is 3.45. The molecular weight excluding hydrogens is 328 g/mol. The quantitative estimate of drug-likeness (QED) is 0.852. The largest absolute Gasteiger partial charge is 0.385 e. The zero-order valence-electron chi connectivity index (χ0n) is 11.8. The van der Waals surface area contributed by atoms with Crippen LogP contribution < -0.4 is 10.6 Å². The Hall–Kier alpha value is -1.81. The Bertz CT molecular complexity index is 684. The first-order valence-electron chi connectivity index (χ1n) is 7.05. The van der Waals surface area contributed by atoms with Crippen LogP contribution in [0.1, 0.15) is 23.5 Å². The fourth-order valence-corrected chi connectivity index (χ4v) is 3.05. The average molecular weight is 345 g/mol. The summed E-state index contributed by atoms with van der Waals surface area (Å²) in [4.78, 5) is 12.6. The van der Waals surface area contributed by atoms with Crippen LogP contribution in [0.3, 0.4) is 0 Å². The number of anilines is 2. The number of hydrogen-bond acceptors (Lipinski definition) is 2. The van der Waals surface area contributed by atoms with Crippen LogP contribution in [0.15, 0.2) is 46.9 Å². The number of benzene rings is 2. The topological polar surface area (TPSA) is 41.1 Å². The number of aryl methyl sites for hydroxylation is 1. The lowest BCUT2D eigenvalue weighted by molar-refractivity contribution is -0.117. The van der Waals surface area contributed by atoms with Crippen molar-refractivity contribution in [1.29, 1.82) is 0 Å². The monoisotopic (exact) mass is 344 g/mol. The van der Waals surface area contributed by atoms with Crippen LogP contribution in [0.25, 0.3) is 0 Å². The number of amides is 1. The summed E-state index contributed by atoms with van der Waals surface area (Å²) in [5, 5.41) is 6.41. The number of rotatable bonds is 2. The number of carbonyl (C=O) groups excluding carboxylic acids is 1. The van der Waals surface area contributed by atoms with Crippen molar-refractivity contribution in [2.24, 2.45) is 0 Å². The van der Waals surface area contributed by atoms with Gasteiger partial charge in [-0.05, 0) is 42.7 Å². The summed E-state index contributed by atoms with van der Waals surface area (Å²) in [6.45, 7) is 2.82. The van der Waals surface area contributed by atoms with E-state index in [1.54, 1.807) is 0 Å². The number of carbonyl (C=O) groups is 1. The van der Waals surface area contributed by atoms with Crippen LogP contribution in [-0.4, -0.2) is 12.5 Å². The molecule has 108 valence electrons. The Kier molecular flexibility index (Phi) is 3.97. The second-order valence-electron chi connectivity index (χ2n) is 5.30. The highest BCUT2D eigenvalue weighted by atomic mass is 79.9. The third-order valence-corrected chi connectivity index (χ3v) is 4.35. The minimum absolute atomic E-state index is 0.0603. The van der Waals surface area contributed by atoms with Gasteiger partial charge in [0, 0.05) is 22.4 Å². The van der Waals surface area contributed by atoms with Crippen molar-refractivity contribution in [2.45, 2.75) is 19.3 Å². The molecular formula is C17H17BrN2O. The van der Waals surface area contributed by atoms with Crippen LogP contribution in [0, 0.1) is 6.92 Å². The van der Waals surface area contributed by atoms with Crippen molar-refractivity contribution < 1.29 is 4.79 Å². The maximum Gasteiger partial charge on any atom is 0.232 e. The minimum Gasteiger partial charge on any atom is -0.385 e. The van der Waals surface area contributed by atoms with E-state index in [4.69, 9.17) is 0 Å². The van der Waals surface area contributed by atoms with Gasteiger partial charge in [-0.2, -0.15) is 0 Å². The maximum absolute atomic E-state index is 12.6. The summed E-state index contributed by atoms with van der Waals surface area (Å²) < 4.78 is 0.967. The molecule has 2 aromatic carbocycles. The summed E-state index contributed by atoms with van der Waals surface area (Å²) in [6.07, 6.45) is 0.815. The predicted molar refractivity (Wildman–Crippen MR) is 89.8 cm³/mol. The molecule has 2 N–H and O–H groups in total. The fraction of sp³-hybridized carbons (Fsp3) is 0.235. The van der Waals surface area contributed by atoms with Crippen LogP contribution in [0.4, 0.5) is 11.4 Å². The van der Waals surface area contributed by atoms with Crippen molar-refractivity contribution in [1.82, 2.24) is 0 Å². The van der Waals surface area contributed by atoms with Gasteiger partial charge in [-0.1, -0.05) is 40.2 Å². The van der Waals surface area contributed by atoms with Crippen LogP contribution >= 0.6 is 15.9 Å². The van der Waals surface area contributed by atoms with Gasteiger partial charge in [0.15, 0.2) is 0 Å². The zero-order chi connectivity index (χ0) is 14.8. The van der Waals surface area contributed by atoms with E-state index in [9.17, 15) is 4.79 Å². The highest BCUT2D eigenvalue weighted by molar-refractivity contribution is 9.10. The van der Waals surface area contributed by atoms with E-state index in [-0.39, 0.29) is 11.8 Å². The first kappa shape index (κ1) is 14.1. The molecule has 1 heterocycles. The Morgan fingerprint density at radius 3 is 2.95 bits per heavy atom. The fourth-order valence-electron chi connectivity index (χ4n) is 2.69. The van der Waals surface area contributed by atoms with E-state index in [1.807, 2.05) is 49.4 Å². The standard InChI is InChI=1S/C17H17BrN2O/c1-11-6-7-12(18)10-16(11)20-17(21)14-8-9-19-15-5-3-2-4-13(14)15/h2-7,10,14,19H,8-9H2,1H3,(H,20,21). The molecule has 1 aliphatic heterocycles. The van der Waals surface area contributed by atoms with E-state index >= 15 is 0 Å². The van der Waals surface area contributed by atoms with Gasteiger partial charge >= 0.3 is 0 Å². The SMILES string of the molecule is Cc1ccc(Br)cc1NC(=O)C1CCNc2ccccc21. The number of nitrogens with one attached hydrogen (secondary N) is 2. The molecule has 0 saturated heterocycles. The van der Waals surface area contributed by atoms with Crippen LogP contribution in [-0.2, 0) is 4.79 Å². The van der Waals surface area contributed by atoms with E-state index < -0.39 is 0 Å². The molecule has 0 bridgehead atoms. The normalized spacial score (nSPS) is 16.8. The van der Waals surface area contributed by atoms with Crippen LogP contribution in [0.2, 0.25) is 0 Å². The Morgan fingerprint density at radius 1 is 1.29 bits per heavy atom. The molecule has 2 aromatic rings. The molecule has 0 spiro atoms. The molecule has 0 fully saturated rings. The van der Waals surface area contributed by atoms with Gasteiger partial charge < -0.3 is 10.6 Å². The molecule has 1 atom stereocenters. The Labute approximate surface area is 132 Å². The summed E-state index contributed by atoms with van der Waals surface area (Å²) in [5.41, 5.74) is 4.07. The van der Waals surface area contributed by atoms with Crippen molar-refractivity contribution in [3.05, 3.63) is 58.1 Å². The number of hydrogen-bond donors (Lipinski definition) is 2. The van der Waals surface area contributed by atoms with Gasteiger partial charge in [0.05, 0.1) is 5.92 Å². The molecule has 1 aliphatic rings. The van der Waals surface area contributed by atoms with Gasteiger partial charge in [-0.3, -0.25) is 4.79 Å². The summed E-state index contributed by atoms with van der Waals surface area (Å²) in [5.74, 6) is -0.0361. The number of para-hydroxylation sites is 1. The third-order valence-electron chi connectivity index (χ3n) is 3.86. The van der Waals surface area contributed by atoms with E-state index in [0.29, 0.717) is 0 Å². The van der Waals surface area contributed by atoms with Crippen molar-refractivity contribution >= 4 is 33.2 Å². The molecule has 3 nitrogen and oxygen atoms in total. The van der Waals surface area contributed by atoms with Crippen molar-refractivity contribution in [2.75, 3.05) is 17.2 Å². The van der Waals surface area contributed by atoms with Crippen LogP contribution in [0.5, 0.6) is 0 Å². The molecule has 0 aromatic heterocycles. The van der Waals surface area contributed by atoms with Crippen molar-refractivity contribution in [3.8, 4) is 0 Å². The van der Waals surface area contributed by atoms with Gasteiger partial charge in [0.1, 0.15) is 0 Å². The molecule has 0 radical (unpaired) electrons. The first-order chi connectivity index (χ1) is 10.1. The average Bonchev–Trinajstić information content (AvgIpc) is 2.50. The predicted octanol–water partition coefficient (Wildman–Crippen LogP) is 4.30. The summed E-state index contributed by atoms with van der Waals surface area (Å²) in [6, 6.07) is 13.9. The molecule has 21 heavy (non-hydrogen) atoms. The van der Waals surface area contributed by atoms with Gasteiger partial charge in [-0.25, -0.2) is 0 Å². The molecule has 0 saturated carbocycles. The van der Waals surface area contributed by atoms with Gasteiger partial charge in [0.25, 0.3) is 0 Å². The lowest BCUT2D eigenvalue weighted by atomic mass is 9.90. The highest BCUT2D eigenvalue weighted by Crippen LogP contribution is 2.32. The lowest BCUT2D eigenvalue weighted by Crippen LogP contribution is -2.27. The molecule has 3 rings (SSSR count). The van der Waals surface area contributed by atoms with E-state index in [2.05, 4.69) is 26.6 Å². The van der Waals surface area contributed by atoms with Gasteiger partial charge in [0.2, 0.25) is 5.91 Å². The highest BCUT2D eigenvalue weighted by Gasteiger charge is 2.26. The molecule has 0 aliphatic carbocycles. The van der Waals surface area contributed by atoms with E-state index in [0.717, 1.165) is 39.9 Å². The second kappa shape index (κ2) is 5.90. The third kappa shape index (κ3) is 2.95. The van der Waals surface area contributed by atoms with E-state index in [1.165, 1.54) is 0 Å². The second-order valence-corrected chi connectivity index (χ2v) is 6.22. The van der Waals surface area contributed by atoms with Crippen molar-refractivity contribution in [3.63, 3.8) is 0 Å². The smallest absolute Gasteiger partial charge is 0.232 e. The zero-order valence-corrected chi connectivity index (χ0v) is 13.4. The first-order valence-corrected chi connectivity index (χ1v) is 7.84.